The molecule has 20 heavy (non-hydrogen) atoms. The van der Waals surface area contributed by atoms with Crippen LogP contribution >= 0.6 is 28.3 Å². The van der Waals surface area contributed by atoms with Crippen LogP contribution in [0.15, 0.2) is 28.7 Å². The van der Waals surface area contributed by atoms with E-state index in [0.717, 1.165) is 35.7 Å². The molecule has 0 saturated heterocycles. The topological polar surface area (TPSA) is 55.1 Å². The Bertz CT molecular complexity index is 447. The molecule has 1 aromatic carbocycles. The van der Waals surface area contributed by atoms with Gasteiger partial charge in [-0.2, -0.15) is 0 Å². The van der Waals surface area contributed by atoms with E-state index < -0.39 is 0 Å². The summed E-state index contributed by atoms with van der Waals surface area (Å²) >= 11 is 3.50. The van der Waals surface area contributed by atoms with Gasteiger partial charge in [-0.05, 0) is 30.5 Å². The molecule has 3 N–H and O–H groups in total. The molecule has 0 bridgehead atoms. The maximum absolute atomic E-state index is 12.6. The van der Waals surface area contributed by atoms with E-state index in [9.17, 15) is 4.79 Å². The number of carbonyl (C=O) groups is 1. The third-order valence-corrected chi connectivity index (χ3v) is 4.44. The van der Waals surface area contributed by atoms with Crippen LogP contribution in [0.1, 0.15) is 37.7 Å². The third-order valence-electron chi connectivity index (χ3n) is 3.95. The second-order valence-corrected chi connectivity index (χ2v) is 6.11. The fraction of sp³-hybridized carbons (Fsp3) is 0.533. The predicted molar refractivity (Wildman–Crippen MR) is 88.2 cm³/mol. The molecular formula is C15H22BrClN2O. The lowest BCUT2D eigenvalue weighted by molar-refractivity contribution is -0.128. The quantitative estimate of drug-likeness (QED) is 0.865. The van der Waals surface area contributed by atoms with E-state index in [1.54, 1.807) is 0 Å². The summed E-state index contributed by atoms with van der Waals surface area (Å²) < 4.78 is 1.03. The first kappa shape index (κ1) is 17.5. The van der Waals surface area contributed by atoms with Gasteiger partial charge in [0, 0.05) is 17.6 Å². The lowest BCUT2D eigenvalue weighted by Gasteiger charge is -2.36. The first-order valence-corrected chi connectivity index (χ1v) is 7.73. The highest BCUT2D eigenvalue weighted by molar-refractivity contribution is 9.10. The minimum Gasteiger partial charge on any atom is -0.354 e. The number of hydrogen-bond acceptors (Lipinski definition) is 2. The Kier molecular flexibility index (Phi) is 7.00. The predicted octanol–water partition coefficient (Wildman–Crippen LogP) is 3.15. The summed E-state index contributed by atoms with van der Waals surface area (Å²) in [5.41, 5.74) is 6.25. The Labute approximate surface area is 135 Å². The molecule has 5 heteroatoms. The molecule has 1 amide bonds. The third kappa shape index (κ3) is 3.74. The summed E-state index contributed by atoms with van der Waals surface area (Å²) in [6, 6.07) is 8.15. The minimum absolute atomic E-state index is 0. The van der Waals surface area contributed by atoms with Gasteiger partial charge in [0.15, 0.2) is 0 Å². The first-order valence-electron chi connectivity index (χ1n) is 6.93. The largest absolute Gasteiger partial charge is 0.354 e. The van der Waals surface area contributed by atoms with Crippen LogP contribution in [0.25, 0.3) is 0 Å². The highest BCUT2D eigenvalue weighted by atomic mass is 79.9. The monoisotopic (exact) mass is 360 g/mol. The number of rotatable bonds is 4. The highest BCUT2D eigenvalue weighted by Crippen LogP contribution is 2.40. The molecule has 0 spiro atoms. The minimum atomic E-state index is -0.364. The van der Waals surface area contributed by atoms with E-state index in [1.807, 2.05) is 12.1 Å². The highest BCUT2D eigenvalue weighted by Gasteiger charge is 2.40. The standard InChI is InChI=1S/C15H21BrN2O.ClH/c16-13-6-4-5-12(11-13)15(7-2-1-3-8-15)14(19)18-10-9-17;/h4-6,11H,1-3,7-10,17H2,(H,18,19);1H. The summed E-state index contributed by atoms with van der Waals surface area (Å²) in [5.74, 6) is 0.135. The van der Waals surface area contributed by atoms with E-state index in [1.165, 1.54) is 6.42 Å². The van der Waals surface area contributed by atoms with Crippen LogP contribution < -0.4 is 11.1 Å². The van der Waals surface area contributed by atoms with Gasteiger partial charge in [-0.3, -0.25) is 4.79 Å². The van der Waals surface area contributed by atoms with Gasteiger partial charge in [-0.1, -0.05) is 47.3 Å². The van der Waals surface area contributed by atoms with Gasteiger partial charge < -0.3 is 11.1 Å². The Morgan fingerprint density at radius 1 is 1.30 bits per heavy atom. The number of hydrogen-bond donors (Lipinski definition) is 2. The summed E-state index contributed by atoms with van der Waals surface area (Å²) in [4.78, 5) is 12.6. The van der Waals surface area contributed by atoms with Crippen LogP contribution in [0, 0.1) is 0 Å². The van der Waals surface area contributed by atoms with Gasteiger partial charge in [-0.25, -0.2) is 0 Å². The van der Waals surface area contributed by atoms with Crippen LogP contribution in [0.3, 0.4) is 0 Å². The summed E-state index contributed by atoms with van der Waals surface area (Å²) in [6.45, 7) is 1.04. The van der Waals surface area contributed by atoms with Crippen molar-refractivity contribution in [2.24, 2.45) is 5.73 Å². The van der Waals surface area contributed by atoms with Gasteiger partial charge in [0.25, 0.3) is 0 Å². The number of carbonyl (C=O) groups excluding carboxylic acids is 1. The molecule has 0 unspecified atom stereocenters. The van der Waals surface area contributed by atoms with Crippen molar-refractivity contribution >= 4 is 34.2 Å². The maximum Gasteiger partial charge on any atom is 0.230 e. The van der Waals surface area contributed by atoms with Crippen molar-refractivity contribution in [2.45, 2.75) is 37.5 Å². The lowest BCUT2D eigenvalue weighted by Crippen LogP contribution is -2.47. The second kappa shape index (κ2) is 8.01. The molecule has 0 aromatic heterocycles. The summed E-state index contributed by atoms with van der Waals surface area (Å²) in [6.07, 6.45) is 5.31. The van der Waals surface area contributed by atoms with Crippen molar-refractivity contribution in [3.63, 3.8) is 0 Å². The van der Waals surface area contributed by atoms with Gasteiger partial charge >= 0.3 is 0 Å². The molecule has 3 nitrogen and oxygen atoms in total. The Morgan fingerprint density at radius 3 is 2.60 bits per heavy atom. The van der Waals surface area contributed by atoms with E-state index in [0.29, 0.717) is 13.1 Å². The zero-order valence-electron chi connectivity index (χ0n) is 11.5. The summed E-state index contributed by atoms with van der Waals surface area (Å²) in [7, 11) is 0. The van der Waals surface area contributed by atoms with Crippen molar-refractivity contribution in [1.82, 2.24) is 5.32 Å². The molecule has 2 rings (SSSR count). The van der Waals surface area contributed by atoms with Gasteiger partial charge in [0.05, 0.1) is 5.41 Å². The van der Waals surface area contributed by atoms with Gasteiger partial charge in [0.1, 0.15) is 0 Å². The van der Waals surface area contributed by atoms with Gasteiger partial charge in [0.2, 0.25) is 5.91 Å². The SMILES string of the molecule is Cl.NCCNC(=O)C1(c2cccc(Br)c2)CCCCC1. The number of nitrogens with two attached hydrogens (primary N) is 1. The number of amides is 1. The molecule has 1 aliphatic carbocycles. The number of halogens is 2. The fourth-order valence-corrected chi connectivity index (χ4v) is 3.34. The molecule has 1 saturated carbocycles. The molecule has 1 aliphatic rings. The van der Waals surface area contributed by atoms with E-state index in [2.05, 4.69) is 33.4 Å². The normalized spacial score (nSPS) is 17.1. The van der Waals surface area contributed by atoms with Crippen LogP contribution in [0.5, 0.6) is 0 Å². The molecular weight excluding hydrogens is 340 g/mol. The Hall–Kier alpha value is -0.580. The number of benzene rings is 1. The van der Waals surface area contributed by atoms with Crippen molar-refractivity contribution in [3.8, 4) is 0 Å². The molecule has 1 fully saturated rings. The number of nitrogens with one attached hydrogen (secondary N) is 1. The zero-order chi connectivity index (χ0) is 13.7. The smallest absolute Gasteiger partial charge is 0.230 e. The Morgan fingerprint density at radius 2 is 2.00 bits per heavy atom. The molecule has 1 aromatic rings. The van der Waals surface area contributed by atoms with E-state index in [-0.39, 0.29) is 23.7 Å². The van der Waals surface area contributed by atoms with Crippen molar-refractivity contribution in [3.05, 3.63) is 34.3 Å². The zero-order valence-corrected chi connectivity index (χ0v) is 13.9. The molecule has 0 radical (unpaired) electrons. The van der Waals surface area contributed by atoms with Crippen molar-refractivity contribution in [1.29, 1.82) is 0 Å². The molecule has 0 atom stereocenters. The average Bonchev–Trinajstić information content (AvgIpc) is 2.45. The fourth-order valence-electron chi connectivity index (χ4n) is 2.94. The van der Waals surface area contributed by atoms with Gasteiger partial charge in [-0.15, -0.1) is 12.4 Å². The van der Waals surface area contributed by atoms with Crippen LogP contribution in [0.2, 0.25) is 0 Å². The maximum atomic E-state index is 12.6. The molecule has 0 heterocycles. The lowest BCUT2D eigenvalue weighted by atomic mass is 9.68. The second-order valence-electron chi connectivity index (χ2n) is 5.20. The molecule has 0 aliphatic heterocycles. The van der Waals surface area contributed by atoms with Crippen molar-refractivity contribution < 1.29 is 4.79 Å². The Balaban J connectivity index is 0.00000200. The van der Waals surface area contributed by atoms with Crippen molar-refractivity contribution in [2.75, 3.05) is 13.1 Å². The van der Waals surface area contributed by atoms with Crippen LogP contribution in [-0.4, -0.2) is 19.0 Å². The van der Waals surface area contributed by atoms with E-state index in [4.69, 9.17) is 5.73 Å². The summed E-state index contributed by atoms with van der Waals surface area (Å²) in [5, 5.41) is 2.98. The first-order chi connectivity index (χ1) is 9.19. The van der Waals surface area contributed by atoms with Crippen LogP contribution in [0.4, 0.5) is 0 Å². The van der Waals surface area contributed by atoms with Crippen LogP contribution in [-0.2, 0) is 10.2 Å². The molecule has 112 valence electrons. The average molecular weight is 362 g/mol. The van der Waals surface area contributed by atoms with E-state index >= 15 is 0 Å².